The average Bonchev–Trinajstić information content (AvgIpc) is 3.17. The van der Waals surface area contributed by atoms with Crippen molar-refractivity contribution in [3.8, 4) is 5.75 Å². The lowest BCUT2D eigenvalue weighted by Crippen LogP contribution is -2.62. The largest absolute Gasteiger partial charge is 0.494 e. The predicted molar refractivity (Wildman–Crippen MR) is 188 cm³/mol. The second-order valence-electron chi connectivity index (χ2n) is 13.0. The molecular formula is C35H54N4O16. The predicted octanol–water partition coefficient (Wildman–Crippen LogP) is -0.218. The van der Waals surface area contributed by atoms with Crippen LogP contribution in [0.15, 0.2) is 29.4 Å². The van der Waals surface area contributed by atoms with Gasteiger partial charge in [-0.1, -0.05) is 23.7 Å². The van der Waals surface area contributed by atoms with Crippen molar-refractivity contribution in [1.29, 1.82) is 0 Å². The number of aliphatic hydroxyl groups excluding tert-OH is 5. The van der Waals surface area contributed by atoms with Crippen LogP contribution in [0.1, 0.15) is 51.0 Å². The molecule has 0 aliphatic carbocycles. The molecule has 2 fully saturated rings. The Kier molecular flexibility index (Phi) is 20.0. The molecule has 11 atom stereocenters. The number of ether oxygens (including phenoxy) is 8. The number of methoxy groups -OCH3 is 2. The lowest BCUT2D eigenvalue weighted by molar-refractivity contribution is -0.329. The van der Waals surface area contributed by atoms with Crippen LogP contribution in [0.4, 0.5) is 0 Å². The summed E-state index contributed by atoms with van der Waals surface area (Å²) in [5, 5.41) is 58.5. The van der Waals surface area contributed by atoms with Crippen molar-refractivity contribution in [2.24, 2.45) is 5.11 Å². The number of carbonyl (C=O) groups excluding carboxylic acids is 3. The minimum absolute atomic E-state index is 0.104. The van der Waals surface area contributed by atoms with Crippen molar-refractivity contribution in [3.63, 3.8) is 0 Å². The Morgan fingerprint density at radius 2 is 1.58 bits per heavy atom. The topological polar surface area (TPSA) is 287 Å². The first-order chi connectivity index (χ1) is 26.4. The molecule has 1 aromatic carbocycles. The first-order valence-corrected chi connectivity index (χ1v) is 18.2. The molecule has 2 heterocycles. The van der Waals surface area contributed by atoms with Crippen molar-refractivity contribution in [2.75, 3.05) is 47.2 Å². The highest BCUT2D eigenvalue weighted by molar-refractivity contribution is 5.84. The molecule has 1 amide bonds. The molecule has 4 unspecified atom stereocenters. The molecule has 0 spiro atoms. The van der Waals surface area contributed by atoms with E-state index in [1.165, 1.54) is 14.2 Å². The average molecular weight is 787 g/mol. The Labute approximate surface area is 318 Å². The van der Waals surface area contributed by atoms with Gasteiger partial charge in [0.15, 0.2) is 18.7 Å². The lowest BCUT2D eigenvalue weighted by Gasteiger charge is -2.43. The molecule has 0 saturated carbocycles. The Balaban J connectivity index is 1.46. The van der Waals surface area contributed by atoms with Crippen molar-refractivity contribution in [2.45, 2.75) is 119 Å². The maximum atomic E-state index is 12.8. The number of esters is 2. The molecule has 0 aromatic heterocycles. The van der Waals surface area contributed by atoms with Crippen LogP contribution in [0, 0.1) is 0 Å². The van der Waals surface area contributed by atoms with Gasteiger partial charge in [-0.3, -0.25) is 9.59 Å². The zero-order valence-electron chi connectivity index (χ0n) is 31.2. The molecule has 55 heavy (non-hydrogen) atoms. The summed E-state index contributed by atoms with van der Waals surface area (Å²) in [6.07, 6.45) is -11.9. The molecule has 0 bridgehead atoms. The van der Waals surface area contributed by atoms with Crippen LogP contribution < -0.4 is 10.1 Å². The number of amides is 1. The fraction of sp³-hybridized carbons (Fsp3) is 0.743. The molecule has 3 rings (SSSR count). The monoisotopic (exact) mass is 786 g/mol. The number of unbranched alkanes of at least 4 members (excludes halogenated alkanes) is 2. The normalized spacial score (nSPS) is 28.4. The molecule has 310 valence electrons. The number of carbonyl (C=O) groups is 3. The van der Waals surface area contributed by atoms with E-state index in [9.17, 15) is 39.9 Å². The highest BCUT2D eigenvalue weighted by Crippen LogP contribution is 2.28. The van der Waals surface area contributed by atoms with Crippen LogP contribution in [0.25, 0.3) is 10.4 Å². The van der Waals surface area contributed by atoms with Crippen LogP contribution >= 0.6 is 0 Å². The lowest BCUT2D eigenvalue weighted by atomic mass is 9.98. The molecule has 2 aliphatic heterocycles. The number of nitrogens with one attached hydrogen (secondary N) is 1. The van der Waals surface area contributed by atoms with E-state index < -0.39 is 86.0 Å². The third-order valence-corrected chi connectivity index (χ3v) is 8.85. The Bertz CT molecular complexity index is 1370. The number of rotatable bonds is 23. The Morgan fingerprint density at radius 3 is 2.25 bits per heavy atom. The minimum Gasteiger partial charge on any atom is -0.494 e. The third-order valence-electron chi connectivity index (χ3n) is 8.85. The van der Waals surface area contributed by atoms with Gasteiger partial charge in [0.2, 0.25) is 5.91 Å². The van der Waals surface area contributed by atoms with E-state index in [-0.39, 0.29) is 51.4 Å². The van der Waals surface area contributed by atoms with E-state index in [2.05, 4.69) is 15.3 Å². The number of azide groups is 1. The highest BCUT2D eigenvalue weighted by Gasteiger charge is 2.49. The van der Waals surface area contributed by atoms with Gasteiger partial charge in [0.05, 0.1) is 26.4 Å². The zero-order chi connectivity index (χ0) is 40.3. The van der Waals surface area contributed by atoms with Crippen LogP contribution in [0.3, 0.4) is 0 Å². The maximum Gasteiger partial charge on any atom is 0.328 e. The zero-order valence-corrected chi connectivity index (χ0v) is 31.2. The summed E-state index contributed by atoms with van der Waals surface area (Å²) in [6, 6.07) is 5.95. The molecule has 0 radical (unpaired) electrons. The van der Waals surface area contributed by atoms with Gasteiger partial charge in [-0.15, -0.1) is 0 Å². The fourth-order valence-corrected chi connectivity index (χ4v) is 5.89. The number of aliphatic hydroxyl groups is 5. The summed E-state index contributed by atoms with van der Waals surface area (Å²) in [4.78, 5) is 40.5. The van der Waals surface area contributed by atoms with Gasteiger partial charge in [-0.25, -0.2) is 4.79 Å². The Morgan fingerprint density at radius 1 is 0.873 bits per heavy atom. The quantitative estimate of drug-likeness (QED) is 0.0275. The molecule has 20 heteroatoms. The van der Waals surface area contributed by atoms with Gasteiger partial charge in [-0.05, 0) is 49.4 Å². The SMILES string of the molecule is CCOC(=O)[C@H](Cc1ccc(OCCCC(=O)O[C@@H]2C(O)[C@@H](OC)OC(CO[C@@H]3OC(COC)[C@@H](O)[C@H](O)C3O)[C@H]2O)cc1)NC(=O)CCCCCN=[N+]=[N-]. The van der Waals surface area contributed by atoms with E-state index in [1.807, 2.05) is 0 Å². The van der Waals surface area contributed by atoms with E-state index >= 15 is 0 Å². The minimum atomic E-state index is -1.64. The van der Waals surface area contributed by atoms with Crippen molar-refractivity contribution in [3.05, 3.63) is 40.3 Å². The van der Waals surface area contributed by atoms with Crippen molar-refractivity contribution < 1.29 is 77.8 Å². The van der Waals surface area contributed by atoms with E-state index in [4.69, 9.17) is 43.4 Å². The smallest absolute Gasteiger partial charge is 0.328 e. The van der Waals surface area contributed by atoms with E-state index in [1.54, 1.807) is 31.2 Å². The van der Waals surface area contributed by atoms with Crippen molar-refractivity contribution in [1.82, 2.24) is 5.32 Å². The maximum absolute atomic E-state index is 12.8. The summed E-state index contributed by atoms with van der Waals surface area (Å²) in [7, 11) is 2.60. The van der Waals surface area contributed by atoms with Gasteiger partial charge < -0.3 is 68.7 Å². The summed E-state index contributed by atoms with van der Waals surface area (Å²) in [5.74, 6) is -1.11. The number of hydrogen-bond donors (Lipinski definition) is 6. The van der Waals surface area contributed by atoms with Crippen LogP contribution in [-0.4, -0.2) is 158 Å². The third kappa shape index (κ3) is 14.4. The number of benzene rings is 1. The fourth-order valence-electron chi connectivity index (χ4n) is 5.89. The first-order valence-electron chi connectivity index (χ1n) is 18.2. The molecule has 20 nitrogen and oxygen atoms in total. The van der Waals surface area contributed by atoms with Crippen LogP contribution in [-0.2, 0) is 54.0 Å². The van der Waals surface area contributed by atoms with Gasteiger partial charge in [0, 0.05) is 44.9 Å². The molecule has 6 N–H and O–H groups in total. The van der Waals surface area contributed by atoms with Crippen molar-refractivity contribution >= 4 is 17.8 Å². The van der Waals surface area contributed by atoms with Crippen LogP contribution in [0.2, 0.25) is 0 Å². The van der Waals surface area contributed by atoms with Crippen LogP contribution in [0.5, 0.6) is 5.75 Å². The second-order valence-corrected chi connectivity index (χ2v) is 13.0. The van der Waals surface area contributed by atoms with E-state index in [0.29, 0.717) is 31.6 Å². The number of nitrogens with zero attached hydrogens (tertiary/aromatic N) is 3. The number of hydrogen-bond acceptors (Lipinski definition) is 17. The van der Waals surface area contributed by atoms with Gasteiger partial charge in [0.1, 0.15) is 54.5 Å². The van der Waals surface area contributed by atoms with Gasteiger partial charge >= 0.3 is 11.9 Å². The van der Waals surface area contributed by atoms with E-state index in [0.717, 1.165) is 5.56 Å². The Hall–Kier alpha value is -3.66. The molecule has 2 aliphatic rings. The van der Waals surface area contributed by atoms with Gasteiger partial charge in [-0.2, -0.15) is 0 Å². The second kappa shape index (κ2) is 24.1. The standard InChI is InChI=1S/C35H54N4O16/c1-4-50-33(47)22(38-25(40)9-6-5-7-15-37-39-36)17-20-11-13-21(14-12-20)51-16-8-10-26(41)55-32-28(43)24(53-34(49-3)31(32)46)19-52-35-30(45)29(44)27(42)23(54-35)18-48-2/h11-14,22-24,27-32,34-35,42-46H,4-10,15-19H2,1-3H3,(H,38,40)/t22-,23?,24?,27+,28+,29-,30?,31?,32-,34-,35+/m0/s1. The molecule has 2 saturated heterocycles. The summed E-state index contributed by atoms with van der Waals surface area (Å²) in [5.41, 5.74) is 9.08. The highest BCUT2D eigenvalue weighted by atomic mass is 16.7. The summed E-state index contributed by atoms with van der Waals surface area (Å²) >= 11 is 0. The van der Waals surface area contributed by atoms with Gasteiger partial charge in [0.25, 0.3) is 0 Å². The molecule has 1 aromatic rings. The first kappa shape index (κ1) is 45.7. The molecular weight excluding hydrogens is 732 g/mol. The summed E-state index contributed by atoms with van der Waals surface area (Å²) < 4.78 is 43.1. The summed E-state index contributed by atoms with van der Waals surface area (Å²) in [6.45, 7) is 1.76.